The van der Waals surface area contributed by atoms with E-state index in [9.17, 15) is 9.18 Å². The Bertz CT molecular complexity index is 1280. The van der Waals surface area contributed by atoms with Crippen LogP contribution in [0.4, 0.5) is 15.9 Å². The van der Waals surface area contributed by atoms with Gasteiger partial charge in [-0.25, -0.2) is 9.37 Å². The van der Waals surface area contributed by atoms with Gasteiger partial charge in [-0.3, -0.25) is 9.69 Å². The maximum absolute atomic E-state index is 13.7. The van der Waals surface area contributed by atoms with Crippen LogP contribution in [0.25, 0.3) is 0 Å². The highest BCUT2D eigenvalue weighted by Crippen LogP contribution is 2.25. The zero-order valence-corrected chi connectivity index (χ0v) is 22.5. The van der Waals surface area contributed by atoms with Gasteiger partial charge < -0.3 is 19.3 Å². The Labute approximate surface area is 223 Å². The molecule has 0 unspecified atom stereocenters. The number of anilines is 2. The van der Waals surface area contributed by atoms with E-state index in [1.54, 1.807) is 13.1 Å². The van der Waals surface area contributed by atoms with Crippen molar-refractivity contribution in [3.05, 3.63) is 75.9 Å². The third kappa shape index (κ3) is 5.31. The van der Waals surface area contributed by atoms with Crippen molar-refractivity contribution in [1.29, 1.82) is 0 Å². The fourth-order valence-electron chi connectivity index (χ4n) is 5.25. The van der Waals surface area contributed by atoms with E-state index in [0.29, 0.717) is 23.7 Å². The summed E-state index contributed by atoms with van der Waals surface area (Å²) in [6.45, 7) is 11.0. The van der Waals surface area contributed by atoms with Crippen molar-refractivity contribution in [2.24, 2.45) is 7.05 Å². The van der Waals surface area contributed by atoms with Gasteiger partial charge in [0, 0.05) is 83.5 Å². The summed E-state index contributed by atoms with van der Waals surface area (Å²) >= 11 is 6.34. The number of piperazine rings is 2. The van der Waals surface area contributed by atoms with Crippen LogP contribution in [0.2, 0.25) is 5.02 Å². The molecule has 3 aromatic rings. The van der Waals surface area contributed by atoms with Crippen LogP contribution < -0.4 is 9.80 Å². The van der Waals surface area contributed by atoms with Crippen LogP contribution in [-0.4, -0.2) is 77.6 Å². The van der Waals surface area contributed by atoms with E-state index >= 15 is 0 Å². The number of pyridine rings is 1. The summed E-state index contributed by atoms with van der Waals surface area (Å²) in [7, 11) is 1.98. The molecule has 5 rings (SSSR count). The van der Waals surface area contributed by atoms with Gasteiger partial charge in [0.15, 0.2) is 0 Å². The van der Waals surface area contributed by atoms with Gasteiger partial charge in [-0.15, -0.1) is 0 Å². The van der Waals surface area contributed by atoms with Crippen LogP contribution in [0.15, 0.2) is 42.6 Å². The van der Waals surface area contributed by atoms with Gasteiger partial charge in [-0.05, 0) is 61.4 Å². The SMILES string of the molecule is Cc1cc(N2CCN(C(=O)c3cc(CN4CCN(c5ncccc5Cl)CC4)c(C)n3C)CC2)ccc1F. The Morgan fingerprint density at radius 2 is 1.68 bits per heavy atom. The van der Waals surface area contributed by atoms with Crippen LogP contribution in [0.1, 0.15) is 27.3 Å². The van der Waals surface area contributed by atoms with Gasteiger partial charge in [-0.2, -0.15) is 0 Å². The molecule has 37 heavy (non-hydrogen) atoms. The second kappa shape index (κ2) is 10.7. The molecule has 0 saturated carbocycles. The van der Waals surface area contributed by atoms with E-state index < -0.39 is 0 Å². The van der Waals surface area contributed by atoms with Crippen LogP contribution in [-0.2, 0) is 13.6 Å². The lowest BCUT2D eigenvalue weighted by molar-refractivity contribution is 0.0737. The Kier molecular flexibility index (Phi) is 7.40. The number of carbonyl (C=O) groups excluding carboxylic acids is 1. The molecule has 2 saturated heterocycles. The lowest BCUT2D eigenvalue weighted by Gasteiger charge is -2.36. The summed E-state index contributed by atoms with van der Waals surface area (Å²) in [6, 6.07) is 11.0. The van der Waals surface area contributed by atoms with E-state index in [1.807, 2.05) is 40.8 Å². The van der Waals surface area contributed by atoms with E-state index in [2.05, 4.69) is 32.7 Å². The van der Waals surface area contributed by atoms with Crippen molar-refractivity contribution in [2.75, 3.05) is 62.2 Å². The van der Waals surface area contributed by atoms with Crippen molar-refractivity contribution in [3.63, 3.8) is 0 Å². The normalized spacial score (nSPS) is 16.9. The largest absolute Gasteiger partial charge is 0.368 e. The van der Waals surface area contributed by atoms with Crippen LogP contribution >= 0.6 is 11.6 Å². The predicted molar refractivity (Wildman–Crippen MR) is 146 cm³/mol. The van der Waals surface area contributed by atoms with Crippen molar-refractivity contribution >= 4 is 29.0 Å². The molecule has 2 fully saturated rings. The topological polar surface area (TPSA) is 47.9 Å². The lowest BCUT2D eigenvalue weighted by Crippen LogP contribution is -2.49. The molecule has 4 heterocycles. The Morgan fingerprint density at radius 1 is 0.973 bits per heavy atom. The number of nitrogens with zero attached hydrogens (tertiary/aromatic N) is 6. The molecule has 0 N–H and O–H groups in total. The van der Waals surface area contributed by atoms with E-state index in [-0.39, 0.29) is 11.7 Å². The second-order valence-corrected chi connectivity index (χ2v) is 10.4. The second-order valence-electron chi connectivity index (χ2n) is 9.98. The fraction of sp³-hybridized carbons (Fsp3) is 0.429. The molecule has 196 valence electrons. The minimum Gasteiger partial charge on any atom is -0.368 e. The first-order valence-electron chi connectivity index (χ1n) is 12.8. The quantitative estimate of drug-likeness (QED) is 0.502. The molecule has 9 heteroatoms. The molecule has 0 atom stereocenters. The zero-order chi connectivity index (χ0) is 26.1. The molecular formula is C28H34ClFN6O. The maximum atomic E-state index is 13.7. The summed E-state index contributed by atoms with van der Waals surface area (Å²) in [5, 5.41) is 0.687. The minimum atomic E-state index is -0.188. The van der Waals surface area contributed by atoms with Gasteiger partial charge in [0.05, 0.1) is 5.02 Å². The van der Waals surface area contributed by atoms with E-state index in [1.165, 1.54) is 11.6 Å². The van der Waals surface area contributed by atoms with Crippen LogP contribution in [0.3, 0.4) is 0 Å². The summed E-state index contributed by atoms with van der Waals surface area (Å²) < 4.78 is 15.7. The van der Waals surface area contributed by atoms with Crippen molar-refractivity contribution in [2.45, 2.75) is 20.4 Å². The highest BCUT2D eigenvalue weighted by molar-refractivity contribution is 6.32. The van der Waals surface area contributed by atoms with E-state index in [0.717, 1.165) is 68.7 Å². The lowest BCUT2D eigenvalue weighted by atomic mass is 10.1. The maximum Gasteiger partial charge on any atom is 0.270 e. The molecule has 0 spiro atoms. The molecule has 2 aromatic heterocycles. The number of carbonyl (C=O) groups is 1. The van der Waals surface area contributed by atoms with Crippen LogP contribution in [0.5, 0.6) is 0 Å². The van der Waals surface area contributed by atoms with Gasteiger partial charge in [0.25, 0.3) is 5.91 Å². The first-order valence-corrected chi connectivity index (χ1v) is 13.2. The first-order chi connectivity index (χ1) is 17.8. The summed E-state index contributed by atoms with van der Waals surface area (Å²) in [6.07, 6.45) is 1.78. The molecule has 2 aliphatic rings. The molecular weight excluding hydrogens is 491 g/mol. The summed E-state index contributed by atoms with van der Waals surface area (Å²) in [5.74, 6) is 0.732. The number of amides is 1. The third-order valence-electron chi connectivity index (χ3n) is 7.74. The molecule has 0 aliphatic carbocycles. The molecule has 0 radical (unpaired) electrons. The van der Waals surface area contributed by atoms with Crippen molar-refractivity contribution < 1.29 is 9.18 Å². The van der Waals surface area contributed by atoms with Gasteiger partial charge in [0.1, 0.15) is 17.3 Å². The number of halogens is 2. The average Bonchev–Trinajstić information content (AvgIpc) is 3.19. The standard InChI is InChI=1S/C28H34ClFN6O/c1-20-17-23(6-7-25(20)30)34-13-15-36(16-14-34)28(37)26-18-22(21(2)32(26)3)19-33-9-11-35(12-10-33)27-24(29)5-4-8-31-27/h4-8,17-18H,9-16,19H2,1-3H3. The minimum absolute atomic E-state index is 0.0707. The van der Waals surface area contributed by atoms with Gasteiger partial charge in [-0.1, -0.05) is 11.6 Å². The third-order valence-corrected chi connectivity index (χ3v) is 8.03. The highest BCUT2D eigenvalue weighted by atomic mass is 35.5. The average molecular weight is 525 g/mol. The molecule has 1 amide bonds. The summed E-state index contributed by atoms with van der Waals surface area (Å²) in [4.78, 5) is 26.7. The predicted octanol–water partition coefficient (Wildman–Crippen LogP) is 4.11. The number of rotatable bonds is 5. The van der Waals surface area contributed by atoms with Gasteiger partial charge in [0.2, 0.25) is 0 Å². The number of aryl methyl sites for hydroxylation is 1. The van der Waals surface area contributed by atoms with Crippen molar-refractivity contribution in [3.8, 4) is 0 Å². The Hall–Kier alpha value is -3.10. The first kappa shape index (κ1) is 25.5. The molecule has 0 bridgehead atoms. The number of benzene rings is 1. The molecule has 2 aliphatic heterocycles. The van der Waals surface area contributed by atoms with Crippen LogP contribution in [0, 0.1) is 19.7 Å². The molecule has 1 aromatic carbocycles. The zero-order valence-electron chi connectivity index (χ0n) is 21.8. The smallest absolute Gasteiger partial charge is 0.270 e. The number of hydrogen-bond donors (Lipinski definition) is 0. The number of hydrogen-bond acceptors (Lipinski definition) is 5. The fourth-order valence-corrected chi connectivity index (χ4v) is 5.49. The Balaban J connectivity index is 1.19. The highest BCUT2D eigenvalue weighted by Gasteiger charge is 2.27. The van der Waals surface area contributed by atoms with Gasteiger partial charge >= 0.3 is 0 Å². The Morgan fingerprint density at radius 3 is 2.35 bits per heavy atom. The van der Waals surface area contributed by atoms with E-state index in [4.69, 9.17) is 11.6 Å². The number of aromatic nitrogens is 2. The summed E-state index contributed by atoms with van der Waals surface area (Å²) in [5.41, 5.74) is 4.70. The monoisotopic (exact) mass is 524 g/mol. The van der Waals surface area contributed by atoms with Crippen molar-refractivity contribution in [1.82, 2.24) is 19.4 Å². The molecule has 7 nitrogen and oxygen atoms in total.